The van der Waals surface area contributed by atoms with E-state index in [9.17, 15) is 14.0 Å². The van der Waals surface area contributed by atoms with Crippen LogP contribution in [0.25, 0.3) is 0 Å². The standard InChI is InChI=1S/C10H13ClO4Se/c1-16(15-11(12,13)14)7-6-9-4-2-3-5-10(9)8-16/h2-5H,6-8H2,1H3. The molecule has 1 aliphatic heterocycles. The Labute approximate surface area is 99.1 Å². The summed E-state index contributed by atoms with van der Waals surface area (Å²) in [7, 11) is -4.29. The van der Waals surface area contributed by atoms with Crippen molar-refractivity contribution in [1.29, 1.82) is 0 Å². The van der Waals surface area contributed by atoms with Gasteiger partial charge in [-0.05, 0) is 0 Å². The van der Waals surface area contributed by atoms with E-state index in [1.54, 1.807) is 0 Å². The molecule has 6 heteroatoms. The quantitative estimate of drug-likeness (QED) is 0.644. The van der Waals surface area contributed by atoms with Crippen molar-refractivity contribution >= 4 is 13.2 Å². The fourth-order valence-corrected chi connectivity index (χ4v) is 9.05. The molecule has 0 bridgehead atoms. The van der Waals surface area contributed by atoms with E-state index in [1.807, 2.05) is 30.1 Å². The summed E-state index contributed by atoms with van der Waals surface area (Å²) in [6.07, 6.45) is 0.803. The fraction of sp³-hybridized carbons (Fsp3) is 0.400. The van der Waals surface area contributed by atoms with Crippen LogP contribution in [0, 0.1) is 10.2 Å². The molecule has 90 valence electrons. The van der Waals surface area contributed by atoms with Gasteiger partial charge in [0.25, 0.3) is 0 Å². The molecule has 0 N–H and O–H groups in total. The van der Waals surface area contributed by atoms with Gasteiger partial charge in [-0.15, -0.1) is 0 Å². The molecular weight excluding hydrogens is 299 g/mol. The average Bonchev–Trinajstić information content (AvgIpc) is 2.14. The molecule has 1 atom stereocenters. The molecule has 0 amide bonds. The van der Waals surface area contributed by atoms with E-state index in [1.165, 1.54) is 5.56 Å². The molecule has 0 radical (unpaired) electrons. The normalized spacial score (nSPS) is 29.2. The fourth-order valence-electron chi connectivity index (χ4n) is 1.91. The van der Waals surface area contributed by atoms with Crippen molar-refractivity contribution in [3.63, 3.8) is 0 Å². The van der Waals surface area contributed by atoms with E-state index in [2.05, 4.69) is 0 Å². The zero-order valence-electron chi connectivity index (χ0n) is 8.85. The molecule has 0 saturated carbocycles. The summed E-state index contributed by atoms with van der Waals surface area (Å²) in [5.41, 5.74) is 2.36. The first-order valence-electron chi connectivity index (χ1n) is 4.80. The number of hydrogen-bond acceptors (Lipinski definition) is 4. The topological polar surface area (TPSA) is 78.4 Å². The number of aryl methyl sites for hydroxylation is 1. The second kappa shape index (κ2) is 4.27. The number of halogens is 1. The Morgan fingerprint density at radius 2 is 1.81 bits per heavy atom. The van der Waals surface area contributed by atoms with Crippen LogP contribution in [0.4, 0.5) is 0 Å². The molecule has 0 saturated heterocycles. The van der Waals surface area contributed by atoms with Gasteiger partial charge in [0, 0.05) is 0 Å². The summed E-state index contributed by atoms with van der Waals surface area (Å²) in [6, 6.07) is 7.90. The molecule has 1 aromatic rings. The third-order valence-electron chi connectivity index (χ3n) is 2.61. The maximum atomic E-state index is 10.7. The molecule has 1 aliphatic rings. The van der Waals surface area contributed by atoms with Gasteiger partial charge in [0.2, 0.25) is 0 Å². The summed E-state index contributed by atoms with van der Waals surface area (Å²) >= 11 is -2.63. The van der Waals surface area contributed by atoms with Crippen molar-refractivity contribution in [2.45, 2.75) is 22.9 Å². The summed E-state index contributed by atoms with van der Waals surface area (Å²) in [5, 5.41) is 1.31. The van der Waals surface area contributed by atoms with Gasteiger partial charge in [-0.25, -0.2) is 0 Å². The van der Waals surface area contributed by atoms with Crippen molar-refractivity contribution in [3.05, 3.63) is 35.4 Å². The van der Waals surface area contributed by atoms with Crippen LogP contribution in [-0.2, 0) is 15.1 Å². The van der Waals surface area contributed by atoms with Crippen molar-refractivity contribution in [1.82, 2.24) is 0 Å². The van der Waals surface area contributed by atoms with Gasteiger partial charge in [-0.2, -0.15) is 0 Å². The van der Waals surface area contributed by atoms with Crippen LogP contribution in [0.15, 0.2) is 24.3 Å². The second-order valence-corrected chi connectivity index (χ2v) is 12.1. The van der Waals surface area contributed by atoms with Crippen LogP contribution >= 0.6 is 0 Å². The van der Waals surface area contributed by atoms with E-state index >= 15 is 0 Å². The van der Waals surface area contributed by atoms with E-state index in [4.69, 9.17) is 3.37 Å². The minimum absolute atomic E-state index is 0.612. The maximum absolute atomic E-state index is 10.7. The zero-order chi connectivity index (χ0) is 11.8. The monoisotopic (exact) mass is 312 g/mol. The van der Waals surface area contributed by atoms with Gasteiger partial charge in [-0.1, -0.05) is 0 Å². The predicted octanol–water partition coefficient (Wildman–Crippen LogP) is -1.19. The number of rotatable bonds is 2. The Hall–Kier alpha value is -0.131. The number of benzene rings is 1. The molecule has 0 aromatic heterocycles. The molecule has 2 rings (SSSR count). The van der Waals surface area contributed by atoms with Gasteiger partial charge in [0.05, 0.1) is 0 Å². The van der Waals surface area contributed by atoms with Crippen LogP contribution in [0.3, 0.4) is 0 Å². The Balaban J connectivity index is 2.18. The Morgan fingerprint density at radius 3 is 2.44 bits per heavy atom. The molecule has 1 heterocycles. The molecule has 1 aromatic carbocycles. The second-order valence-electron chi connectivity index (χ2n) is 3.99. The Kier molecular flexibility index (Phi) is 3.29. The zero-order valence-corrected chi connectivity index (χ0v) is 11.3. The SMILES string of the molecule is C[Se]1(O[Cl+3]([O-])([O-])[O-])CCc2ccccc2C1. The minimum atomic E-state index is -4.29. The van der Waals surface area contributed by atoms with Crippen LogP contribution in [0.2, 0.25) is 11.1 Å². The first-order chi connectivity index (χ1) is 7.38. The van der Waals surface area contributed by atoms with E-state index in [0.29, 0.717) is 10.6 Å². The molecule has 4 nitrogen and oxygen atoms in total. The summed E-state index contributed by atoms with van der Waals surface area (Å²) in [6.45, 7) is 0. The summed E-state index contributed by atoms with van der Waals surface area (Å²) < 4.78 is 36.7. The Bertz CT molecular complexity index is 393. The molecular formula is C10H13ClO4Se. The van der Waals surface area contributed by atoms with Gasteiger partial charge >= 0.3 is 99.0 Å². The number of fused-ring (bicyclic) bond motifs is 1. The summed E-state index contributed by atoms with van der Waals surface area (Å²) in [4.78, 5) is 0. The number of hydrogen-bond donors (Lipinski definition) is 0. The van der Waals surface area contributed by atoms with Crippen molar-refractivity contribution in [2.24, 2.45) is 0 Å². The first kappa shape index (κ1) is 12.3. The van der Waals surface area contributed by atoms with E-state index < -0.39 is 23.4 Å². The van der Waals surface area contributed by atoms with Gasteiger partial charge in [-0.3, -0.25) is 0 Å². The van der Waals surface area contributed by atoms with Crippen LogP contribution in [-0.4, -0.2) is 13.2 Å². The van der Waals surface area contributed by atoms with Crippen molar-refractivity contribution in [3.8, 4) is 0 Å². The Morgan fingerprint density at radius 1 is 1.19 bits per heavy atom. The summed E-state index contributed by atoms with van der Waals surface area (Å²) in [5.74, 6) is 1.81. The molecule has 1 unspecified atom stereocenters. The van der Waals surface area contributed by atoms with Gasteiger partial charge < -0.3 is 0 Å². The van der Waals surface area contributed by atoms with Gasteiger partial charge in [0.15, 0.2) is 0 Å². The molecule has 0 fully saturated rings. The van der Waals surface area contributed by atoms with Crippen molar-refractivity contribution < 1.29 is 27.6 Å². The van der Waals surface area contributed by atoms with Crippen LogP contribution < -0.4 is 14.0 Å². The predicted molar refractivity (Wildman–Crippen MR) is 51.4 cm³/mol. The van der Waals surface area contributed by atoms with Crippen LogP contribution in [0.1, 0.15) is 11.1 Å². The molecule has 16 heavy (non-hydrogen) atoms. The average molecular weight is 312 g/mol. The third kappa shape index (κ3) is 2.96. The van der Waals surface area contributed by atoms with Crippen LogP contribution in [0.5, 0.6) is 0 Å². The van der Waals surface area contributed by atoms with Crippen molar-refractivity contribution in [2.75, 3.05) is 0 Å². The van der Waals surface area contributed by atoms with E-state index in [-0.39, 0.29) is 0 Å². The molecule has 0 spiro atoms. The van der Waals surface area contributed by atoms with E-state index in [0.717, 1.165) is 12.0 Å². The van der Waals surface area contributed by atoms with Gasteiger partial charge in [0.1, 0.15) is 0 Å². The molecule has 0 aliphatic carbocycles. The third-order valence-corrected chi connectivity index (χ3v) is 10.1. The first-order valence-corrected chi connectivity index (χ1v) is 10.9.